The van der Waals surface area contributed by atoms with Crippen LogP contribution in [-0.4, -0.2) is 11.6 Å². The van der Waals surface area contributed by atoms with Crippen molar-refractivity contribution in [3.05, 3.63) is 58.4 Å². The number of aryl methyl sites for hydroxylation is 1. The molecular formula is C14H17ClN2. The Morgan fingerprint density at radius 3 is 2.82 bits per heavy atom. The Hall–Kier alpha value is -1.25. The number of nitrogens with zero attached hydrogens (tertiary/aromatic N) is 1. The lowest BCUT2D eigenvalue weighted by Crippen LogP contribution is -2.11. The Kier molecular flexibility index (Phi) is 3.87. The summed E-state index contributed by atoms with van der Waals surface area (Å²) < 4.78 is 2.22. The average Bonchev–Trinajstić information content (AvgIpc) is 2.71. The summed E-state index contributed by atoms with van der Waals surface area (Å²) in [7, 11) is 1.95. The van der Waals surface area contributed by atoms with Crippen molar-refractivity contribution >= 4 is 11.6 Å². The van der Waals surface area contributed by atoms with E-state index >= 15 is 0 Å². The lowest BCUT2D eigenvalue weighted by Gasteiger charge is -2.10. The molecule has 0 amide bonds. The van der Waals surface area contributed by atoms with Gasteiger partial charge in [-0.1, -0.05) is 23.7 Å². The maximum Gasteiger partial charge on any atom is 0.0488 e. The molecule has 0 unspecified atom stereocenters. The van der Waals surface area contributed by atoms with E-state index in [2.05, 4.69) is 47.3 Å². The molecule has 0 bridgehead atoms. The van der Waals surface area contributed by atoms with Gasteiger partial charge in [-0.3, -0.25) is 0 Å². The minimum absolute atomic E-state index is 0.823. The van der Waals surface area contributed by atoms with E-state index in [0.717, 1.165) is 23.7 Å². The first-order valence-corrected chi connectivity index (χ1v) is 6.12. The van der Waals surface area contributed by atoms with Gasteiger partial charge < -0.3 is 9.88 Å². The van der Waals surface area contributed by atoms with E-state index in [4.69, 9.17) is 11.6 Å². The number of hydrogen-bond acceptors (Lipinski definition) is 1. The molecule has 0 fully saturated rings. The van der Waals surface area contributed by atoms with E-state index in [1.54, 1.807) is 0 Å². The van der Waals surface area contributed by atoms with E-state index in [9.17, 15) is 0 Å². The van der Waals surface area contributed by atoms with Crippen molar-refractivity contribution in [1.82, 2.24) is 9.88 Å². The lowest BCUT2D eigenvalue weighted by atomic mass is 10.1. The van der Waals surface area contributed by atoms with E-state index in [1.165, 1.54) is 11.3 Å². The highest BCUT2D eigenvalue weighted by Crippen LogP contribution is 2.19. The van der Waals surface area contributed by atoms with Crippen molar-refractivity contribution in [3.63, 3.8) is 0 Å². The second-order valence-electron chi connectivity index (χ2n) is 4.25. The topological polar surface area (TPSA) is 17.0 Å². The van der Waals surface area contributed by atoms with Crippen molar-refractivity contribution < 1.29 is 0 Å². The zero-order valence-electron chi connectivity index (χ0n) is 10.2. The highest BCUT2D eigenvalue weighted by molar-refractivity contribution is 6.31. The van der Waals surface area contributed by atoms with Crippen molar-refractivity contribution in [3.8, 4) is 0 Å². The molecule has 1 aromatic heterocycles. The monoisotopic (exact) mass is 248 g/mol. The average molecular weight is 249 g/mol. The number of nitrogens with one attached hydrogen (secondary N) is 1. The van der Waals surface area contributed by atoms with Gasteiger partial charge in [0.25, 0.3) is 0 Å². The molecular weight excluding hydrogens is 232 g/mol. The SMILES string of the molecule is CNCc1cccn1Cc1ccc(C)cc1Cl. The molecule has 0 spiro atoms. The van der Waals surface area contributed by atoms with Crippen molar-refractivity contribution in [1.29, 1.82) is 0 Å². The first-order valence-electron chi connectivity index (χ1n) is 5.74. The Balaban J connectivity index is 2.22. The van der Waals surface area contributed by atoms with Gasteiger partial charge in [0.2, 0.25) is 0 Å². The fourth-order valence-corrected chi connectivity index (χ4v) is 2.20. The normalized spacial score (nSPS) is 10.8. The maximum atomic E-state index is 6.25. The third-order valence-corrected chi connectivity index (χ3v) is 3.18. The van der Waals surface area contributed by atoms with Crippen LogP contribution in [0.1, 0.15) is 16.8 Å². The number of benzene rings is 1. The minimum Gasteiger partial charge on any atom is -0.346 e. The van der Waals surface area contributed by atoms with Crippen LogP contribution in [0.25, 0.3) is 0 Å². The number of hydrogen-bond donors (Lipinski definition) is 1. The van der Waals surface area contributed by atoms with Gasteiger partial charge in [-0.25, -0.2) is 0 Å². The smallest absolute Gasteiger partial charge is 0.0488 e. The number of halogens is 1. The molecule has 0 atom stereocenters. The molecule has 0 aliphatic rings. The predicted molar refractivity (Wildman–Crippen MR) is 72.5 cm³/mol. The highest BCUT2D eigenvalue weighted by atomic mass is 35.5. The van der Waals surface area contributed by atoms with Gasteiger partial charge in [0.15, 0.2) is 0 Å². The molecule has 2 nitrogen and oxygen atoms in total. The summed E-state index contributed by atoms with van der Waals surface area (Å²) in [4.78, 5) is 0. The first-order chi connectivity index (χ1) is 8.20. The van der Waals surface area contributed by atoms with Gasteiger partial charge in [0, 0.05) is 30.0 Å². The van der Waals surface area contributed by atoms with Crippen LogP contribution in [0.5, 0.6) is 0 Å². The van der Waals surface area contributed by atoms with Gasteiger partial charge in [-0.15, -0.1) is 0 Å². The van der Waals surface area contributed by atoms with Gasteiger partial charge >= 0.3 is 0 Å². The van der Waals surface area contributed by atoms with Crippen molar-refractivity contribution in [2.75, 3.05) is 7.05 Å². The molecule has 1 aromatic carbocycles. The summed E-state index contributed by atoms with van der Waals surface area (Å²) in [6, 6.07) is 10.4. The fraction of sp³-hybridized carbons (Fsp3) is 0.286. The summed E-state index contributed by atoms with van der Waals surface area (Å²) in [6.07, 6.45) is 2.09. The molecule has 1 heterocycles. The zero-order chi connectivity index (χ0) is 12.3. The van der Waals surface area contributed by atoms with Crippen LogP contribution in [-0.2, 0) is 13.1 Å². The predicted octanol–water partition coefficient (Wildman–Crippen LogP) is 3.22. The summed E-state index contributed by atoms with van der Waals surface area (Å²) in [6.45, 7) is 3.75. The van der Waals surface area contributed by atoms with Crippen LogP contribution in [0.2, 0.25) is 5.02 Å². The minimum atomic E-state index is 0.823. The van der Waals surface area contributed by atoms with Gasteiger partial charge in [-0.2, -0.15) is 0 Å². The fourth-order valence-electron chi connectivity index (χ4n) is 1.91. The van der Waals surface area contributed by atoms with Crippen molar-refractivity contribution in [2.24, 2.45) is 0 Å². The Morgan fingerprint density at radius 2 is 2.12 bits per heavy atom. The molecule has 0 radical (unpaired) electrons. The number of rotatable bonds is 4. The van der Waals surface area contributed by atoms with Gasteiger partial charge in [-0.05, 0) is 43.3 Å². The zero-order valence-corrected chi connectivity index (χ0v) is 11.0. The molecule has 3 heteroatoms. The molecule has 0 aliphatic carbocycles. The van der Waals surface area contributed by atoms with E-state index < -0.39 is 0 Å². The van der Waals surface area contributed by atoms with Crippen LogP contribution in [0.4, 0.5) is 0 Å². The summed E-state index contributed by atoms with van der Waals surface area (Å²) in [5, 5.41) is 4.01. The van der Waals surface area contributed by atoms with Crippen LogP contribution in [0.3, 0.4) is 0 Å². The molecule has 90 valence electrons. The lowest BCUT2D eigenvalue weighted by molar-refractivity contribution is 0.694. The molecule has 0 saturated heterocycles. The van der Waals surface area contributed by atoms with Crippen molar-refractivity contribution in [2.45, 2.75) is 20.0 Å². The molecule has 2 rings (SSSR count). The maximum absolute atomic E-state index is 6.25. The molecule has 1 N–H and O–H groups in total. The first kappa shape index (κ1) is 12.2. The molecule has 0 saturated carbocycles. The largest absolute Gasteiger partial charge is 0.346 e. The standard InChI is InChI=1S/C14H17ClN2/c1-11-5-6-12(14(15)8-11)10-17-7-3-4-13(17)9-16-2/h3-8,16H,9-10H2,1-2H3. The van der Waals surface area contributed by atoms with Gasteiger partial charge in [0.1, 0.15) is 0 Å². The second kappa shape index (κ2) is 5.39. The van der Waals surface area contributed by atoms with E-state index in [0.29, 0.717) is 0 Å². The Labute approximate surface area is 107 Å². The quantitative estimate of drug-likeness (QED) is 0.879. The van der Waals surface area contributed by atoms with Gasteiger partial charge in [0.05, 0.1) is 0 Å². The number of aromatic nitrogens is 1. The third-order valence-electron chi connectivity index (χ3n) is 2.83. The second-order valence-corrected chi connectivity index (χ2v) is 4.66. The molecule has 2 aromatic rings. The summed E-state index contributed by atoms with van der Waals surface area (Å²) in [5.41, 5.74) is 3.62. The molecule has 17 heavy (non-hydrogen) atoms. The van der Waals surface area contributed by atoms with E-state index in [1.807, 2.05) is 13.1 Å². The van der Waals surface area contributed by atoms with Crippen LogP contribution in [0.15, 0.2) is 36.5 Å². The third kappa shape index (κ3) is 2.90. The molecule has 0 aliphatic heterocycles. The Bertz CT molecular complexity index is 503. The summed E-state index contributed by atoms with van der Waals surface area (Å²) in [5.74, 6) is 0. The van der Waals surface area contributed by atoms with Crippen LogP contribution in [0, 0.1) is 6.92 Å². The Morgan fingerprint density at radius 1 is 1.29 bits per heavy atom. The summed E-state index contributed by atoms with van der Waals surface area (Å²) >= 11 is 6.25. The highest BCUT2D eigenvalue weighted by Gasteiger charge is 2.04. The van der Waals surface area contributed by atoms with Crippen LogP contribution >= 0.6 is 11.6 Å². The van der Waals surface area contributed by atoms with E-state index in [-0.39, 0.29) is 0 Å². The van der Waals surface area contributed by atoms with Crippen LogP contribution < -0.4 is 5.32 Å².